The van der Waals surface area contributed by atoms with Crippen molar-refractivity contribution in [2.24, 2.45) is 4.99 Å². The highest BCUT2D eigenvalue weighted by Crippen LogP contribution is 2.42. The molecule has 0 unspecified atom stereocenters. The van der Waals surface area contributed by atoms with Gasteiger partial charge in [0.2, 0.25) is 5.75 Å². The number of rotatable bonds is 7. The van der Waals surface area contributed by atoms with Crippen LogP contribution in [0.25, 0.3) is 6.08 Å². The smallest absolute Gasteiger partial charge is 0.338 e. The van der Waals surface area contributed by atoms with Crippen LogP contribution in [0.4, 0.5) is 0 Å². The number of esters is 1. The zero-order valence-electron chi connectivity index (χ0n) is 19.7. The van der Waals surface area contributed by atoms with Gasteiger partial charge in [-0.3, -0.25) is 9.36 Å². The molecule has 0 aliphatic carbocycles. The van der Waals surface area contributed by atoms with Gasteiger partial charge in [-0.25, -0.2) is 9.79 Å². The number of thiazole rings is 1. The molecule has 0 spiro atoms. The van der Waals surface area contributed by atoms with Crippen LogP contribution in [0.1, 0.15) is 30.3 Å². The van der Waals surface area contributed by atoms with Gasteiger partial charge in [0.05, 0.1) is 53.6 Å². The number of carbonyl (C=O) groups is 1. The molecule has 2 aromatic heterocycles. The summed E-state index contributed by atoms with van der Waals surface area (Å²) in [6, 6.07) is 6.53. The summed E-state index contributed by atoms with van der Waals surface area (Å²) in [7, 11) is 4.54. The highest BCUT2D eigenvalue weighted by molar-refractivity contribution is 9.11. The number of allylic oxidation sites excluding steroid dienone is 1. The second-order valence-electron chi connectivity index (χ2n) is 7.40. The van der Waals surface area contributed by atoms with Crippen molar-refractivity contribution >= 4 is 50.6 Å². The Bertz CT molecular complexity index is 1480. The molecule has 0 radical (unpaired) electrons. The molecule has 184 valence electrons. The lowest BCUT2D eigenvalue weighted by atomic mass is 9.95. The molecule has 3 heterocycles. The van der Waals surface area contributed by atoms with Crippen LogP contribution in [0.2, 0.25) is 0 Å². The van der Waals surface area contributed by atoms with Crippen LogP contribution in [-0.2, 0) is 9.53 Å². The van der Waals surface area contributed by atoms with Crippen molar-refractivity contribution in [3.8, 4) is 17.2 Å². The fourth-order valence-corrected chi connectivity index (χ4v) is 6.38. The highest BCUT2D eigenvalue weighted by Gasteiger charge is 2.34. The number of carbonyl (C=O) groups excluding carboxylic acids is 1. The summed E-state index contributed by atoms with van der Waals surface area (Å²) in [4.78, 5) is 32.8. The number of hydrogen-bond donors (Lipinski definition) is 0. The van der Waals surface area contributed by atoms with E-state index in [1.807, 2.05) is 18.2 Å². The van der Waals surface area contributed by atoms with Gasteiger partial charge in [-0.05, 0) is 65.7 Å². The van der Waals surface area contributed by atoms with E-state index in [1.54, 1.807) is 26.0 Å². The van der Waals surface area contributed by atoms with Crippen molar-refractivity contribution in [1.82, 2.24) is 4.57 Å². The van der Waals surface area contributed by atoms with E-state index in [-0.39, 0.29) is 17.7 Å². The topological polar surface area (TPSA) is 88.4 Å². The predicted molar refractivity (Wildman–Crippen MR) is 139 cm³/mol. The van der Waals surface area contributed by atoms with Crippen molar-refractivity contribution in [3.63, 3.8) is 0 Å². The first-order chi connectivity index (χ1) is 16.8. The van der Waals surface area contributed by atoms with E-state index in [1.165, 1.54) is 48.6 Å². The Kier molecular flexibility index (Phi) is 7.48. The molecular formula is C24H23BrN2O6S2. The first-order valence-corrected chi connectivity index (χ1v) is 13.0. The zero-order chi connectivity index (χ0) is 25.3. The molecular weight excluding hydrogens is 556 g/mol. The van der Waals surface area contributed by atoms with E-state index >= 15 is 0 Å². The minimum absolute atomic E-state index is 0.190. The van der Waals surface area contributed by atoms with Gasteiger partial charge in [-0.2, -0.15) is 0 Å². The largest absolute Gasteiger partial charge is 0.493 e. The summed E-state index contributed by atoms with van der Waals surface area (Å²) in [6.07, 6.45) is 1.83. The van der Waals surface area contributed by atoms with Gasteiger partial charge < -0.3 is 18.9 Å². The Morgan fingerprint density at radius 2 is 1.83 bits per heavy atom. The third-order valence-electron chi connectivity index (χ3n) is 5.39. The average molecular weight is 579 g/mol. The van der Waals surface area contributed by atoms with Crippen molar-refractivity contribution < 1.29 is 23.7 Å². The molecule has 0 N–H and O–H groups in total. The molecule has 1 atom stereocenters. The number of thiophene rings is 1. The number of halogens is 1. The number of methoxy groups -OCH3 is 3. The summed E-state index contributed by atoms with van der Waals surface area (Å²) >= 11 is 6.24. The molecule has 0 saturated heterocycles. The van der Waals surface area contributed by atoms with Gasteiger partial charge in [-0.1, -0.05) is 11.3 Å². The van der Waals surface area contributed by atoms with Gasteiger partial charge in [0.1, 0.15) is 0 Å². The normalized spacial score (nSPS) is 15.5. The molecule has 1 aliphatic rings. The van der Waals surface area contributed by atoms with Crippen molar-refractivity contribution in [2.75, 3.05) is 27.9 Å². The molecule has 0 saturated carbocycles. The molecule has 11 heteroatoms. The number of ether oxygens (including phenoxy) is 4. The Balaban J connectivity index is 2.02. The molecule has 4 rings (SSSR count). The van der Waals surface area contributed by atoms with Crippen LogP contribution < -0.4 is 29.1 Å². The predicted octanol–water partition coefficient (Wildman–Crippen LogP) is 3.65. The van der Waals surface area contributed by atoms with E-state index in [0.717, 1.165) is 8.66 Å². The molecule has 8 nitrogen and oxygen atoms in total. The average Bonchev–Trinajstić information content (AvgIpc) is 3.39. The van der Waals surface area contributed by atoms with E-state index in [4.69, 9.17) is 18.9 Å². The minimum Gasteiger partial charge on any atom is -0.493 e. The van der Waals surface area contributed by atoms with Gasteiger partial charge in [-0.15, -0.1) is 11.3 Å². The second kappa shape index (κ2) is 10.4. The molecule has 1 aliphatic heterocycles. The lowest BCUT2D eigenvalue weighted by molar-refractivity contribution is -0.139. The quantitative estimate of drug-likeness (QED) is 0.398. The van der Waals surface area contributed by atoms with E-state index in [9.17, 15) is 9.59 Å². The Hall–Kier alpha value is -2.89. The van der Waals surface area contributed by atoms with Gasteiger partial charge in [0.15, 0.2) is 16.3 Å². The van der Waals surface area contributed by atoms with Crippen LogP contribution in [-0.4, -0.2) is 38.5 Å². The molecule has 0 bridgehead atoms. The van der Waals surface area contributed by atoms with Gasteiger partial charge in [0, 0.05) is 4.88 Å². The maximum atomic E-state index is 13.7. The third kappa shape index (κ3) is 4.67. The van der Waals surface area contributed by atoms with Crippen LogP contribution in [0, 0.1) is 0 Å². The zero-order valence-corrected chi connectivity index (χ0v) is 22.9. The SMILES string of the molecule is CCOC(=O)C1=C(C)N=c2s/c(=C\c3ccc(Br)s3)c(=O)n2[C@@H]1c1cc(OC)c(OC)c(OC)c1. The van der Waals surface area contributed by atoms with Crippen molar-refractivity contribution in [2.45, 2.75) is 19.9 Å². The molecule has 0 fully saturated rings. The second-order valence-corrected chi connectivity index (χ2v) is 10.9. The number of nitrogens with zero attached hydrogens (tertiary/aromatic N) is 2. The van der Waals surface area contributed by atoms with Crippen molar-refractivity contribution in [3.05, 3.63) is 69.5 Å². The Morgan fingerprint density at radius 3 is 2.37 bits per heavy atom. The minimum atomic E-state index is -0.795. The first-order valence-electron chi connectivity index (χ1n) is 10.6. The number of hydrogen-bond acceptors (Lipinski definition) is 9. The highest BCUT2D eigenvalue weighted by atomic mass is 79.9. The molecule has 3 aromatic rings. The van der Waals surface area contributed by atoms with Crippen LogP contribution in [0.3, 0.4) is 0 Å². The maximum Gasteiger partial charge on any atom is 0.338 e. The number of fused-ring (bicyclic) bond motifs is 1. The summed E-state index contributed by atoms with van der Waals surface area (Å²) in [5.41, 5.74) is 1.10. The van der Waals surface area contributed by atoms with Gasteiger partial charge in [0.25, 0.3) is 5.56 Å². The number of benzene rings is 1. The van der Waals surface area contributed by atoms with Gasteiger partial charge >= 0.3 is 5.97 Å². The standard InChI is InChI=1S/C24H23BrN2O6S2/c1-6-33-23(29)19-12(2)26-24-27(22(28)17(35-24)11-14-7-8-18(25)34-14)20(19)13-9-15(30-3)21(32-5)16(10-13)31-4/h7-11,20H,6H2,1-5H3/b17-11-/t20-/m1/s1. The summed E-state index contributed by atoms with van der Waals surface area (Å²) < 4.78 is 24.9. The lowest BCUT2D eigenvalue weighted by Gasteiger charge is -2.26. The molecule has 0 amide bonds. The van der Waals surface area contributed by atoms with Crippen LogP contribution in [0.15, 0.2) is 49.1 Å². The van der Waals surface area contributed by atoms with E-state index < -0.39 is 12.0 Å². The summed E-state index contributed by atoms with van der Waals surface area (Å²) in [5.74, 6) is 0.687. The third-order valence-corrected chi connectivity index (χ3v) is 7.94. The lowest BCUT2D eigenvalue weighted by Crippen LogP contribution is -2.40. The number of aromatic nitrogens is 1. The fraction of sp³-hybridized carbons (Fsp3) is 0.292. The first kappa shape index (κ1) is 25.2. The monoisotopic (exact) mass is 578 g/mol. The molecule has 1 aromatic carbocycles. The summed E-state index contributed by atoms with van der Waals surface area (Å²) in [6.45, 7) is 3.66. The Labute approximate surface area is 217 Å². The maximum absolute atomic E-state index is 13.7. The fourth-order valence-electron chi connectivity index (χ4n) is 3.90. The van der Waals surface area contributed by atoms with Crippen LogP contribution in [0.5, 0.6) is 17.2 Å². The van der Waals surface area contributed by atoms with E-state index in [2.05, 4.69) is 20.9 Å². The van der Waals surface area contributed by atoms with E-state index in [0.29, 0.717) is 37.8 Å². The van der Waals surface area contributed by atoms with Crippen molar-refractivity contribution in [1.29, 1.82) is 0 Å². The Morgan fingerprint density at radius 1 is 1.14 bits per heavy atom. The van der Waals surface area contributed by atoms with Crippen LogP contribution >= 0.6 is 38.6 Å². The molecule has 35 heavy (non-hydrogen) atoms. The summed E-state index contributed by atoms with van der Waals surface area (Å²) in [5, 5.41) is 0.